The summed E-state index contributed by atoms with van der Waals surface area (Å²) in [6.45, 7) is 3.43. The highest BCUT2D eigenvalue weighted by molar-refractivity contribution is 7.15. The van der Waals surface area contributed by atoms with Gasteiger partial charge < -0.3 is 0 Å². The van der Waals surface area contributed by atoms with E-state index in [-0.39, 0.29) is 5.56 Å². The van der Waals surface area contributed by atoms with E-state index in [1.54, 1.807) is 10.5 Å². The first-order chi connectivity index (χ1) is 10.1. The Kier molecular flexibility index (Phi) is 3.86. The Morgan fingerprint density at radius 2 is 2.00 bits per heavy atom. The molecule has 3 rings (SSSR count). The van der Waals surface area contributed by atoms with Gasteiger partial charge in [0.25, 0.3) is 5.56 Å². The molecule has 5 heteroatoms. The Balaban J connectivity index is 1.80. The number of aryl methyl sites for hydroxylation is 1. The van der Waals surface area contributed by atoms with Gasteiger partial charge in [-0.15, -0.1) is 11.3 Å². The fourth-order valence-electron chi connectivity index (χ4n) is 2.41. The van der Waals surface area contributed by atoms with Gasteiger partial charge in [0.15, 0.2) is 4.96 Å². The van der Waals surface area contributed by atoms with E-state index >= 15 is 0 Å². The van der Waals surface area contributed by atoms with Gasteiger partial charge in [0.1, 0.15) is 0 Å². The summed E-state index contributed by atoms with van der Waals surface area (Å²) in [5.74, 6) is 0. The predicted molar refractivity (Wildman–Crippen MR) is 85.7 cm³/mol. The lowest BCUT2D eigenvalue weighted by Gasteiger charge is -2.16. The van der Waals surface area contributed by atoms with E-state index in [0.29, 0.717) is 6.54 Å². The van der Waals surface area contributed by atoms with E-state index in [1.807, 2.05) is 37.6 Å². The topological polar surface area (TPSA) is 37.6 Å². The molecule has 108 valence electrons. The minimum atomic E-state index is 0.00172. The smallest absolute Gasteiger partial charge is 0.259 e. The molecular weight excluding hydrogens is 282 g/mol. The highest BCUT2D eigenvalue weighted by Crippen LogP contribution is 2.12. The predicted octanol–water partition coefficient (Wildman–Crippen LogP) is 2.70. The molecule has 0 spiro atoms. The van der Waals surface area contributed by atoms with Crippen LogP contribution in [0.25, 0.3) is 4.96 Å². The number of aromatic nitrogens is 2. The number of hydrogen-bond acceptors (Lipinski definition) is 4. The normalized spacial score (nSPS) is 11.4. The molecule has 0 aliphatic heterocycles. The van der Waals surface area contributed by atoms with Crippen molar-refractivity contribution in [1.82, 2.24) is 14.3 Å². The van der Waals surface area contributed by atoms with Crippen molar-refractivity contribution < 1.29 is 0 Å². The number of nitrogens with zero attached hydrogens (tertiary/aromatic N) is 3. The van der Waals surface area contributed by atoms with Crippen LogP contribution in [0.2, 0.25) is 0 Å². The van der Waals surface area contributed by atoms with Crippen LogP contribution < -0.4 is 5.56 Å². The van der Waals surface area contributed by atoms with Gasteiger partial charge in [-0.2, -0.15) is 0 Å². The summed E-state index contributed by atoms with van der Waals surface area (Å²) in [5.41, 5.74) is 3.02. The van der Waals surface area contributed by atoms with Gasteiger partial charge >= 0.3 is 0 Å². The molecular formula is C16H17N3OS. The Morgan fingerprint density at radius 3 is 2.76 bits per heavy atom. The van der Waals surface area contributed by atoms with Crippen molar-refractivity contribution in [2.45, 2.75) is 20.0 Å². The molecule has 0 N–H and O–H groups in total. The van der Waals surface area contributed by atoms with Crippen molar-refractivity contribution in [2.75, 3.05) is 7.05 Å². The zero-order chi connectivity index (χ0) is 14.8. The Bertz CT molecular complexity index is 807. The summed E-state index contributed by atoms with van der Waals surface area (Å²) in [4.78, 5) is 19.6. The molecule has 0 fully saturated rings. The number of benzene rings is 1. The maximum Gasteiger partial charge on any atom is 0.259 e. The third kappa shape index (κ3) is 3.04. The Hall–Kier alpha value is -1.98. The number of thiazole rings is 1. The van der Waals surface area contributed by atoms with Gasteiger partial charge in [-0.25, -0.2) is 4.98 Å². The highest BCUT2D eigenvalue weighted by atomic mass is 32.1. The number of hydrogen-bond donors (Lipinski definition) is 0. The zero-order valence-electron chi connectivity index (χ0n) is 12.1. The largest absolute Gasteiger partial charge is 0.296 e. The first-order valence-corrected chi connectivity index (χ1v) is 7.71. The van der Waals surface area contributed by atoms with Crippen molar-refractivity contribution >= 4 is 16.3 Å². The average Bonchev–Trinajstić information content (AvgIpc) is 2.81. The molecule has 0 aliphatic rings. The lowest BCUT2D eigenvalue weighted by Crippen LogP contribution is -2.21. The van der Waals surface area contributed by atoms with Gasteiger partial charge in [0.2, 0.25) is 0 Å². The van der Waals surface area contributed by atoms with Crippen LogP contribution >= 0.6 is 11.3 Å². The zero-order valence-corrected chi connectivity index (χ0v) is 12.9. The minimum absolute atomic E-state index is 0.00172. The van der Waals surface area contributed by atoms with E-state index < -0.39 is 0 Å². The maximum atomic E-state index is 12.1. The van der Waals surface area contributed by atoms with Gasteiger partial charge in [-0.05, 0) is 19.5 Å². The summed E-state index contributed by atoms with van der Waals surface area (Å²) in [5, 5.41) is 1.96. The molecule has 0 radical (unpaired) electrons. The third-order valence-electron chi connectivity index (χ3n) is 3.36. The second-order valence-corrected chi connectivity index (χ2v) is 6.08. The molecule has 21 heavy (non-hydrogen) atoms. The minimum Gasteiger partial charge on any atom is -0.296 e. The molecule has 2 aromatic heterocycles. The van der Waals surface area contributed by atoms with E-state index in [9.17, 15) is 4.79 Å². The van der Waals surface area contributed by atoms with Crippen molar-refractivity contribution in [3.8, 4) is 0 Å². The molecule has 0 bridgehead atoms. The Morgan fingerprint density at radius 1 is 1.24 bits per heavy atom. The molecule has 0 saturated heterocycles. The van der Waals surface area contributed by atoms with Crippen LogP contribution in [0, 0.1) is 6.92 Å². The first kappa shape index (κ1) is 14.0. The van der Waals surface area contributed by atoms with Crippen molar-refractivity contribution in [2.24, 2.45) is 0 Å². The van der Waals surface area contributed by atoms with E-state index in [0.717, 1.165) is 22.9 Å². The second kappa shape index (κ2) is 5.79. The van der Waals surface area contributed by atoms with Crippen LogP contribution in [-0.4, -0.2) is 21.3 Å². The summed E-state index contributed by atoms with van der Waals surface area (Å²) in [6, 6.07) is 11.9. The molecule has 3 aromatic rings. The average molecular weight is 299 g/mol. The molecule has 0 saturated carbocycles. The van der Waals surface area contributed by atoms with Crippen LogP contribution in [0.15, 0.2) is 46.6 Å². The van der Waals surface area contributed by atoms with Crippen LogP contribution in [-0.2, 0) is 13.1 Å². The van der Waals surface area contributed by atoms with Crippen LogP contribution in [0.1, 0.15) is 17.0 Å². The van der Waals surface area contributed by atoms with Gasteiger partial charge in [0, 0.05) is 30.2 Å². The van der Waals surface area contributed by atoms with Gasteiger partial charge in [-0.3, -0.25) is 14.1 Å². The summed E-state index contributed by atoms with van der Waals surface area (Å²) in [7, 11) is 2.04. The second-order valence-electron chi connectivity index (χ2n) is 5.24. The SMILES string of the molecule is Cc1csc2nc(CN(C)Cc3ccccc3)cc(=O)n12. The van der Waals surface area contributed by atoms with Crippen LogP contribution in [0.3, 0.4) is 0 Å². The first-order valence-electron chi connectivity index (χ1n) is 6.83. The van der Waals surface area contributed by atoms with Crippen molar-refractivity contribution in [3.63, 3.8) is 0 Å². The molecule has 0 atom stereocenters. The summed E-state index contributed by atoms with van der Waals surface area (Å²) in [6.07, 6.45) is 0. The molecule has 0 amide bonds. The lowest BCUT2D eigenvalue weighted by molar-refractivity contribution is 0.315. The van der Waals surface area contributed by atoms with Gasteiger partial charge in [0.05, 0.1) is 5.69 Å². The van der Waals surface area contributed by atoms with Crippen LogP contribution in [0.4, 0.5) is 0 Å². The summed E-state index contributed by atoms with van der Waals surface area (Å²) < 4.78 is 1.66. The van der Waals surface area contributed by atoms with E-state index in [2.05, 4.69) is 22.0 Å². The molecule has 0 unspecified atom stereocenters. The number of fused-ring (bicyclic) bond motifs is 1. The van der Waals surface area contributed by atoms with Crippen molar-refractivity contribution in [3.05, 3.63) is 69.1 Å². The fourth-order valence-corrected chi connectivity index (χ4v) is 3.30. The Labute approximate surface area is 127 Å². The molecule has 4 nitrogen and oxygen atoms in total. The highest BCUT2D eigenvalue weighted by Gasteiger charge is 2.08. The monoisotopic (exact) mass is 299 g/mol. The quantitative estimate of drug-likeness (QED) is 0.743. The van der Waals surface area contributed by atoms with Gasteiger partial charge in [-0.1, -0.05) is 30.3 Å². The standard InChI is InChI=1S/C16H17N3OS/c1-12-11-21-16-17-14(8-15(20)19(12)16)10-18(2)9-13-6-4-3-5-7-13/h3-8,11H,9-10H2,1-2H3. The molecule has 1 aromatic carbocycles. The molecule has 0 aliphatic carbocycles. The third-order valence-corrected chi connectivity index (χ3v) is 4.30. The summed E-state index contributed by atoms with van der Waals surface area (Å²) >= 11 is 1.51. The van der Waals surface area contributed by atoms with Crippen molar-refractivity contribution in [1.29, 1.82) is 0 Å². The molecule has 2 heterocycles. The number of rotatable bonds is 4. The van der Waals surface area contributed by atoms with E-state index in [4.69, 9.17) is 0 Å². The fraction of sp³-hybridized carbons (Fsp3) is 0.250. The lowest BCUT2D eigenvalue weighted by atomic mass is 10.2. The maximum absolute atomic E-state index is 12.1. The van der Waals surface area contributed by atoms with Crippen LogP contribution in [0.5, 0.6) is 0 Å². The van der Waals surface area contributed by atoms with E-state index in [1.165, 1.54) is 16.9 Å².